The van der Waals surface area contributed by atoms with Crippen LogP contribution in [0.2, 0.25) is 0 Å². The zero-order chi connectivity index (χ0) is 16.9. The van der Waals surface area contributed by atoms with Crippen molar-refractivity contribution in [1.82, 2.24) is 10.3 Å². The Labute approximate surface area is 152 Å². The Morgan fingerprint density at radius 1 is 1.21 bits per heavy atom. The average Bonchev–Trinajstić information content (AvgIpc) is 3.18. The molecule has 0 aliphatic carbocycles. The highest BCUT2D eigenvalue weighted by Gasteiger charge is 2.33. The molecule has 1 saturated heterocycles. The van der Waals surface area contributed by atoms with Gasteiger partial charge in [0, 0.05) is 4.88 Å². The maximum Gasteiger partial charge on any atom is 0.266 e. The molecule has 2 amide bonds. The summed E-state index contributed by atoms with van der Waals surface area (Å²) in [5.41, 5.74) is 6.11. The molecule has 3 rings (SSSR count). The molecule has 24 heavy (non-hydrogen) atoms. The van der Waals surface area contributed by atoms with E-state index in [2.05, 4.69) is 10.9 Å². The summed E-state index contributed by atoms with van der Waals surface area (Å²) in [6.45, 7) is -0.119. The van der Waals surface area contributed by atoms with Crippen molar-refractivity contribution < 1.29 is 9.59 Å². The smallest absolute Gasteiger partial charge is 0.266 e. The molecule has 0 atom stereocenters. The first-order chi connectivity index (χ1) is 11.6. The SMILES string of the molecule is O=C(CN1C(=O)C(=Cc2cccs2)SC1=S)NNc1ccccc1. The minimum atomic E-state index is -0.340. The number of thioether (sulfide) groups is 1. The largest absolute Gasteiger partial charge is 0.299 e. The van der Waals surface area contributed by atoms with Gasteiger partial charge in [-0.2, -0.15) is 0 Å². The van der Waals surface area contributed by atoms with Crippen molar-refractivity contribution in [3.8, 4) is 0 Å². The summed E-state index contributed by atoms with van der Waals surface area (Å²) in [6, 6.07) is 13.1. The Morgan fingerprint density at radius 3 is 2.71 bits per heavy atom. The van der Waals surface area contributed by atoms with Gasteiger partial charge in [-0.1, -0.05) is 48.2 Å². The number of hydrogen-bond acceptors (Lipinski definition) is 6. The Balaban J connectivity index is 1.59. The third-order valence-electron chi connectivity index (χ3n) is 3.11. The van der Waals surface area contributed by atoms with E-state index in [0.717, 1.165) is 10.6 Å². The van der Waals surface area contributed by atoms with E-state index in [9.17, 15) is 9.59 Å². The molecule has 8 heteroatoms. The van der Waals surface area contributed by atoms with Gasteiger partial charge in [0.25, 0.3) is 11.8 Å². The minimum absolute atomic E-state index is 0.119. The number of anilines is 1. The summed E-state index contributed by atoms with van der Waals surface area (Å²) >= 11 is 7.97. The van der Waals surface area contributed by atoms with Crippen molar-refractivity contribution in [2.24, 2.45) is 0 Å². The van der Waals surface area contributed by atoms with Crippen LogP contribution in [0.1, 0.15) is 4.88 Å². The Bertz CT molecular complexity index is 788. The lowest BCUT2D eigenvalue weighted by molar-refractivity contribution is -0.128. The molecule has 122 valence electrons. The zero-order valence-electron chi connectivity index (χ0n) is 12.4. The molecule has 2 N–H and O–H groups in total. The molecule has 1 aromatic heterocycles. The zero-order valence-corrected chi connectivity index (χ0v) is 14.8. The lowest BCUT2D eigenvalue weighted by Gasteiger charge is -2.15. The van der Waals surface area contributed by atoms with E-state index in [4.69, 9.17) is 12.2 Å². The summed E-state index contributed by atoms with van der Waals surface area (Å²) < 4.78 is 0.387. The highest BCUT2D eigenvalue weighted by Crippen LogP contribution is 2.32. The topological polar surface area (TPSA) is 61.4 Å². The van der Waals surface area contributed by atoms with E-state index >= 15 is 0 Å². The number of hydrogen-bond donors (Lipinski definition) is 2. The number of para-hydroxylation sites is 1. The van der Waals surface area contributed by atoms with Gasteiger partial charge >= 0.3 is 0 Å². The second-order valence-corrected chi connectivity index (χ2v) is 7.48. The van der Waals surface area contributed by atoms with Crippen LogP contribution in [0, 0.1) is 0 Å². The number of carbonyl (C=O) groups is 2. The van der Waals surface area contributed by atoms with Crippen LogP contribution in [0.3, 0.4) is 0 Å². The van der Waals surface area contributed by atoms with Crippen LogP contribution in [0.5, 0.6) is 0 Å². The maximum atomic E-state index is 12.4. The number of nitrogens with zero attached hydrogens (tertiary/aromatic N) is 1. The monoisotopic (exact) mass is 375 g/mol. The predicted octanol–water partition coefficient (Wildman–Crippen LogP) is 3.09. The first kappa shape index (κ1) is 16.7. The van der Waals surface area contributed by atoms with E-state index in [1.807, 2.05) is 47.8 Å². The van der Waals surface area contributed by atoms with Crippen LogP contribution < -0.4 is 10.9 Å². The molecule has 0 bridgehead atoms. The lowest BCUT2D eigenvalue weighted by Crippen LogP contribution is -2.41. The molecule has 0 radical (unpaired) electrons. The quantitative estimate of drug-likeness (QED) is 0.478. The van der Waals surface area contributed by atoms with Crippen molar-refractivity contribution in [3.63, 3.8) is 0 Å². The molecule has 0 spiro atoms. The molecule has 1 aliphatic heterocycles. The van der Waals surface area contributed by atoms with Crippen LogP contribution in [0.4, 0.5) is 5.69 Å². The van der Waals surface area contributed by atoms with E-state index in [0.29, 0.717) is 9.23 Å². The average molecular weight is 376 g/mol. The number of hydrazine groups is 1. The van der Waals surface area contributed by atoms with Crippen molar-refractivity contribution in [3.05, 3.63) is 57.6 Å². The third kappa shape index (κ3) is 4.02. The molecule has 2 aromatic rings. The summed E-state index contributed by atoms with van der Waals surface area (Å²) in [6.07, 6.45) is 1.80. The second-order valence-electron chi connectivity index (χ2n) is 4.82. The number of thiocarbonyl (C=S) groups is 1. The van der Waals surface area contributed by atoms with Gasteiger partial charge in [0.05, 0.1) is 10.6 Å². The van der Waals surface area contributed by atoms with Gasteiger partial charge in [-0.15, -0.1) is 11.3 Å². The number of benzene rings is 1. The Kier molecular flexibility index (Phi) is 5.29. The first-order valence-corrected chi connectivity index (χ1v) is 9.13. The van der Waals surface area contributed by atoms with Crippen LogP contribution in [-0.2, 0) is 9.59 Å². The fourth-order valence-corrected chi connectivity index (χ4v) is 3.96. The highest BCUT2D eigenvalue weighted by molar-refractivity contribution is 8.26. The van der Waals surface area contributed by atoms with Crippen LogP contribution >= 0.6 is 35.3 Å². The minimum Gasteiger partial charge on any atom is -0.299 e. The summed E-state index contributed by atoms with van der Waals surface area (Å²) in [5, 5.41) is 1.94. The normalized spacial score (nSPS) is 15.8. The standard InChI is InChI=1S/C16H13N3O2S3/c20-14(18-17-11-5-2-1-3-6-11)10-19-15(21)13(24-16(19)22)9-12-7-4-8-23-12/h1-9,17H,10H2,(H,18,20). The molecule has 5 nitrogen and oxygen atoms in total. The fourth-order valence-electron chi connectivity index (χ4n) is 1.99. The van der Waals surface area contributed by atoms with E-state index < -0.39 is 0 Å². The van der Waals surface area contributed by atoms with Crippen LogP contribution in [0.25, 0.3) is 6.08 Å². The number of carbonyl (C=O) groups excluding carboxylic acids is 2. The third-order valence-corrected chi connectivity index (χ3v) is 5.31. The molecule has 0 saturated carbocycles. The Morgan fingerprint density at radius 2 is 2.00 bits per heavy atom. The van der Waals surface area contributed by atoms with Gasteiger partial charge in [-0.3, -0.25) is 25.3 Å². The molecular formula is C16H13N3O2S3. The molecule has 2 heterocycles. The van der Waals surface area contributed by atoms with Crippen molar-refractivity contribution >= 4 is 63.2 Å². The van der Waals surface area contributed by atoms with Gasteiger partial charge in [0.1, 0.15) is 10.9 Å². The maximum absolute atomic E-state index is 12.4. The van der Waals surface area contributed by atoms with Gasteiger partial charge in [0.2, 0.25) is 0 Å². The summed E-state index contributed by atoms with van der Waals surface area (Å²) in [7, 11) is 0. The summed E-state index contributed by atoms with van der Waals surface area (Å²) in [5.74, 6) is -0.583. The van der Waals surface area contributed by atoms with Gasteiger partial charge in [0.15, 0.2) is 0 Å². The number of thiophene rings is 1. The van der Waals surface area contributed by atoms with Gasteiger partial charge < -0.3 is 0 Å². The van der Waals surface area contributed by atoms with Gasteiger partial charge in [-0.25, -0.2) is 0 Å². The second kappa shape index (κ2) is 7.61. The molecule has 1 fully saturated rings. The summed E-state index contributed by atoms with van der Waals surface area (Å²) in [4.78, 5) is 27.3. The van der Waals surface area contributed by atoms with E-state index in [-0.39, 0.29) is 18.4 Å². The van der Waals surface area contributed by atoms with E-state index in [1.54, 1.807) is 17.4 Å². The first-order valence-electron chi connectivity index (χ1n) is 7.02. The molecule has 1 aromatic carbocycles. The van der Waals surface area contributed by atoms with Gasteiger partial charge in [-0.05, 0) is 29.7 Å². The van der Waals surface area contributed by atoms with Crippen molar-refractivity contribution in [2.75, 3.05) is 12.0 Å². The molecular weight excluding hydrogens is 362 g/mol. The van der Waals surface area contributed by atoms with Crippen LogP contribution in [-0.4, -0.2) is 27.6 Å². The fraction of sp³-hybridized carbons (Fsp3) is 0.0625. The van der Waals surface area contributed by atoms with Crippen molar-refractivity contribution in [1.29, 1.82) is 0 Å². The van der Waals surface area contributed by atoms with Crippen molar-refractivity contribution in [2.45, 2.75) is 0 Å². The van der Waals surface area contributed by atoms with Crippen LogP contribution in [0.15, 0.2) is 52.7 Å². The lowest BCUT2D eigenvalue weighted by atomic mass is 10.3. The molecule has 0 unspecified atom stereocenters. The number of nitrogens with one attached hydrogen (secondary N) is 2. The highest BCUT2D eigenvalue weighted by atomic mass is 32.2. The number of amides is 2. The Hall–Kier alpha value is -2.16. The molecule has 1 aliphatic rings. The van der Waals surface area contributed by atoms with E-state index in [1.165, 1.54) is 16.7 Å². The number of rotatable bonds is 5. The predicted molar refractivity (Wildman–Crippen MR) is 102 cm³/mol.